The van der Waals surface area contributed by atoms with Crippen LogP contribution in [-0.4, -0.2) is 90.5 Å². The first-order valence-corrected chi connectivity index (χ1v) is 17.6. The van der Waals surface area contributed by atoms with Crippen LogP contribution in [0.5, 0.6) is 0 Å². The second-order valence-corrected chi connectivity index (χ2v) is 14.9. The van der Waals surface area contributed by atoms with Crippen LogP contribution in [0.25, 0.3) is 0 Å². The predicted octanol–water partition coefficient (Wildman–Crippen LogP) is 6.10. The van der Waals surface area contributed by atoms with Gasteiger partial charge >= 0.3 is 12.1 Å². The van der Waals surface area contributed by atoms with Gasteiger partial charge in [-0.2, -0.15) is 0 Å². The molecule has 2 aliphatic carbocycles. The maximum Gasteiger partial charge on any atom is 0.410 e. The maximum atomic E-state index is 12.2. The van der Waals surface area contributed by atoms with Crippen LogP contribution in [-0.2, 0) is 9.53 Å². The zero-order valence-electron chi connectivity index (χ0n) is 28.2. The number of carboxylic acids is 1. The minimum Gasteiger partial charge on any atom is -0.480 e. The molecule has 0 radical (unpaired) electrons. The third kappa shape index (κ3) is 11.1. The highest BCUT2D eigenvalue weighted by molar-refractivity contribution is 5.69. The van der Waals surface area contributed by atoms with E-state index in [0.29, 0.717) is 35.8 Å². The summed E-state index contributed by atoms with van der Waals surface area (Å²) in [5.74, 6) is 2.02. The summed E-state index contributed by atoms with van der Waals surface area (Å²) in [7, 11) is 0. The summed E-state index contributed by atoms with van der Waals surface area (Å²) < 4.78 is 5.51. The molecule has 5 atom stereocenters. The second-order valence-electron chi connectivity index (χ2n) is 14.9. The van der Waals surface area contributed by atoms with E-state index < -0.39 is 11.6 Å². The van der Waals surface area contributed by atoms with Crippen molar-refractivity contribution in [3.63, 3.8) is 0 Å². The van der Waals surface area contributed by atoms with Gasteiger partial charge in [0.05, 0.1) is 6.54 Å². The quantitative estimate of drug-likeness (QED) is 0.292. The lowest BCUT2D eigenvalue weighted by molar-refractivity contribution is -0.138. The summed E-state index contributed by atoms with van der Waals surface area (Å²) >= 11 is 0. The number of hydrogen-bond donors (Lipinski definition) is 3. The largest absolute Gasteiger partial charge is 0.480 e. The minimum atomic E-state index is -0.713. The number of carbonyl (C=O) groups is 2. The summed E-state index contributed by atoms with van der Waals surface area (Å²) in [5.41, 5.74) is 2.49. The second kappa shape index (κ2) is 16.2. The minimum absolute atomic E-state index is 0.160. The van der Waals surface area contributed by atoms with E-state index in [0.717, 1.165) is 65.0 Å². The van der Waals surface area contributed by atoms with Crippen LogP contribution >= 0.6 is 0 Å². The van der Waals surface area contributed by atoms with E-state index >= 15 is 0 Å². The number of likely N-dealkylation sites (tertiary alicyclic amines) is 2. The average molecular weight is 633 g/mol. The topological polar surface area (TPSA) is 94.1 Å². The molecule has 0 spiro atoms. The smallest absolute Gasteiger partial charge is 0.410 e. The summed E-state index contributed by atoms with van der Waals surface area (Å²) in [6.45, 7) is 11.6. The van der Waals surface area contributed by atoms with E-state index in [4.69, 9.17) is 9.84 Å². The van der Waals surface area contributed by atoms with E-state index in [9.17, 15) is 9.59 Å². The van der Waals surface area contributed by atoms with Crippen LogP contribution in [0.1, 0.15) is 88.7 Å². The Morgan fingerprint density at radius 2 is 1.26 bits per heavy atom. The van der Waals surface area contributed by atoms with E-state index in [2.05, 4.69) is 71.3 Å². The van der Waals surface area contributed by atoms with Gasteiger partial charge in [-0.3, -0.25) is 9.69 Å². The van der Waals surface area contributed by atoms with Crippen molar-refractivity contribution in [2.24, 2.45) is 11.8 Å². The number of nitrogens with zero attached hydrogens (tertiary/aromatic N) is 2. The van der Waals surface area contributed by atoms with E-state index in [-0.39, 0.29) is 12.6 Å². The van der Waals surface area contributed by atoms with Crippen molar-refractivity contribution in [1.29, 1.82) is 0 Å². The SMILES string of the molecule is CC(C)(C)OC(=O)N1CCCC(CN[C@@H]2C[C@H]2c2ccccc2)CC1.O=C(O)CN1CCC(CN[C@@H]2C[C@H]2c2ccccc2)CC1. The Bertz CT molecular complexity index is 1230. The van der Waals surface area contributed by atoms with Crippen molar-refractivity contribution in [2.75, 3.05) is 45.8 Å². The number of rotatable bonds is 10. The number of hydrogen-bond acceptors (Lipinski definition) is 6. The van der Waals surface area contributed by atoms with Crippen LogP contribution in [0.15, 0.2) is 60.7 Å². The standard InChI is InChI=1S/C21H32N2O2.C17H24N2O2/c1-21(2,3)25-20(24)23-12-7-8-16(11-13-23)15-22-19-14-18(19)17-9-5-4-6-10-17;20-17(21)12-19-8-6-13(7-9-19)11-18-16-10-15(16)14-4-2-1-3-5-14/h4-6,9-10,16,18-19,22H,7-8,11-15H2,1-3H3;1-5,13,15-16,18H,6-12H2,(H,20,21)/t16?,18-,19+;15-,16+/m00/s1. The first-order valence-electron chi connectivity index (χ1n) is 17.6. The van der Waals surface area contributed by atoms with Gasteiger partial charge in [-0.1, -0.05) is 60.7 Å². The lowest BCUT2D eigenvalue weighted by atomic mass is 9.96. The van der Waals surface area contributed by atoms with Gasteiger partial charge in [0, 0.05) is 37.0 Å². The highest BCUT2D eigenvalue weighted by Gasteiger charge is 2.39. The first kappa shape index (κ1) is 34.4. The third-order valence-electron chi connectivity index (χ3n) is 9.94. The summed E-state index contributed by atoms with van der Waals surface area (Å²) in [4.78, 5) is 26.9. The Hall–Kier alpha value is -2.94. The Morgan fingerprint density at radius 3 is 1.76 bits per heavy atom. The molecule has 2 saturated heterocycles. The summed E-state index contributed by atoms with van der Waals surface area (Å²) in [6.07, 6.45) is 7.89. The van der Waals surface area contributed by atoms with Gasteiger partial charge in [-0.05, 0) is 115 Å². The molecule has 0 bridgehead atoms. The monoisotopic (exact) mass is 632 g/mol. The van der Waals surface area contributed by atoms with Crippen molar-refractivity contribution in [1.82, 2.24) is 20.4 Å². The molecule has 4 aliphatic rings. The number of benzene rings is 2. The summed E-state index contributed by atoms with van der Waals surface area (Å²) in [5, 5.41) is 16.2. The van der Waals surface area contributed by atoms with Gasteiger partial charge in [0.2, 0.25) is 0 Å². The van der Waals surface area contributed by atoms with Gasteiger partial charge in [0.15, 0.2) is 0 Å². The molecule has 3 N–H and O–H groups in total. The van der Waals surface area contributed by atoms with E-state index in [1.54, 1.807) is 0 Å². The lowest BCUT2D eigenvalue weighted by Crippen LogP contribution is -2.40. The molecule has 8 heteroatoms. The normalized spacial score (nSPS) is 26.8. The molecule has 2 aromatic rings. The Balaban J connectivity index is 0.000000184. The Kier molecular flexibility index (Phi) is 12.2. The van der Waals surface area contributed by atoms with Gasteiger partial charge in [0.25, 0.3) is 0 Å². The Morgan fingerprint density at radius 1 is 0.761 bits per heavy atom. The van der Waals surface area contributed by atoms with E-state index in [1.807, 2.05) is 30.6 Å². The molecule has 2 aliphatic heterocycles. The molecular weight excluding hydrogens is 576 g/mol. The molecule has 1 amide bonds. The van der Waals surface area contributed by atoms with Gasteiger partial charge in [-0.15, -0.1) is 0 Å². The van der Waals surface area contributed by atoms with Gasteiger partial charge in [-0.25, -0.2) is 4.79 Å². The molecule has 4 fully saturated rings. The summed E-state index contributed by atoms with van der Waals surface area (Å²) in [6, 6.07) is 22.8. The molecule has 2 aromatic carbocycles. The number of carboxylic acid groups (broad SMARTS) is 1. The molecule has 0 aromatic heterocycles. The third-order valence-corrected chi connectivity index (χ3v) is 9.94. The number of amides is 1. The fourth-order valence-corrected chi connectivity index (χ4v) is 7.03. The van der Waals surface area contributed by atoms with Crippen molar-refractivity contribution >= 4 is 12.1 Å². The van der Waals surface area contributed by atoms with Gasteiger partial charge in [0.1, 0.15) is 5.60 Å². The van der Waals surface area contributed by atoms with Crippen molar-refractivity contribution in [3.8, 4) is 0 Å². The number of ether oxygens (including phenoxy) is 1. The number of piperidine rings is 1. The van der Waals surface area contributed by atoms with E-state index in [1.165, 1.54) is 30.4 Å². The molecule has 2 heterocycles. The van der Waals surface area contributed by atoms with Crippen molar-refractivity contribution in [3.05, 3.63) is 71.8 Å². The predicted molar refractivity (Wildman–Crippen MR) is 183 cm³/mol. The highest BCUT2D eigenvalue weighted by atomic mass is 16.6. The van der Waals surface area contributed by atoms with Crippen LogP contribution < -0.4 is 10.6 Å². The first-order chi connectivity index (χ1) is 22.1. The molecule has 252 valence electrons. The van der Waals surface area contributed by atoms with Gasteiger partial charge < -0.3 is 25.4 Å². The molecule has 1 unspecified atom stereocenters. The number of aliphatic carboxylic acids is 1. The fraction of sp³-hybridized carbons (Fsp3) is 0.632. The molecular formula is C38H56N4O4. The van der Waals surface area contributed by atoms with Crippen LogP contribution in [0.3, 0.4) is 0 Å². The number of nitrogens with one attached hydrogen (secondary N) is 2. The number of carbonyl (C=O) groups excluding carboxylic acids is 1. The fourth-order valence-electron chi connectivity index (χ4n) is 7.03. The van der Waals surface area contributed by atoms with Crippen molar-refractivity contribution < 1.29 is 19.4 Å². The molecule has 2 saturated carbocycles. The molecule has 8 nitrogen and oxygen atoms in total. The lowest BCUT2D eigenvalue weighted by Gasteiger charge is -2.30. The molecule has 6 rings (SSSR count). The average Bonchev–Trinajstić information content (AvgIpc) is 3.95. The highest BCUT2D eigenvalue weighted by Crippen LogP contribution is 2.41. The molecule has 46 heavy (non-hydrogen) atoms. The zero-order chi connectivity index (χ0) is 32.5. The van der Waals surface area contributed by atoms with Crippen LogP contribution in [0.2, 0.25) is 0 Å². The maximum absolute atomic E-state index is 12.2. The zero-order valence-corrected chi connectivity index (χ0v) is 28.2. The Labute approximate surface area is 276 Å². The van der Waals surface area contributed by atoms with Crippen LogP contribution in [0.4, 0.5) is 4.79 Å². The van der Waals surface area contributed by atoms with Crippen molar-refractivity contribution in [2.45, 2.75) is 95.2 Å². The van der Waals surface area contributed by atoms with Crippen LogP contribution in [0, 0.1) is 11.8 Å².